The van der Waals surface area contributed by atoms with Gasteiger partial charge in [0, 0.05) is 48.6 Å². The van der Waals surface area contributed by atoms with Gasteiger partial charge in [0.25, 0.3) is 5.91 Å². The number of amides is 4. The molecule has 0 bridgehead atoms. The number of imide groups is 1. The molecule has 4 rings (SSSR count). The number of aryl methyl sites for hydroxylation is 1. The van der Waals surface area contributed by atoms with Gasteiger partial charge in [-0.05, 0) is 62.1 Å². The number of rotatable bonds is 10. The van der Waals surface area contributed by atoms with Crippen LogP contribution in [0.5, 0.6) is 5.75 Å². The Kier molecular flexibility index (Phi) is 8.66. The summed E-state index contributed by atoms with van der Waals surface area (Å²) in [5.74, 6) is -0.643. The maximum atomic E-state index is 13.0. The molecule has 2 heterocycles. The van der Waals surface area contributed by atoms with Gasteiger partial charge in [-0.25, -0.2) is 4.79 Å². The third-order valence-corrected chi connectivity index (χ3v) is 7.07. The summed E-state index contributed by atoms with van der Waals surface area (Å²) in [5.41, 5.74) is 3.46. The van der Waals surface area contributed by atoms with Crippen molar-refractivity contribution in [3.63, 3.8) is 0 Å². The van der Waals surface area contributed by atoms with Crippen LogP contribution < -0.4 is 20.3 Å². The van der Waals surface area contributed by atoms with Crippen LogP contribution in [-0.4, -0.2) is 47.8 Å². The Bertz CT molecular complexity index is 1230. The van der Waals surface area contributed by atoms with E-state index in [1.54, 1.807) is 18.2 Å². The fourth-order valence-corrected chi connectivity index (χ4v) is 5.08. The van der Waals surface area contributed by atoms with E-state index in [1.807, 2.05) is 25.1 Å². The quantitative estimate of drug-likeness (QED) is 0.345. The highest BCUT2D eigenvalue weighted by Gasteiger charge is 2.40. The first-order chi connectivity index (χ1) is 18.3. The van der Waals surface area contributed by atoms with E-state index in [0.717, 1.165) is 37.2 Å². The zero-order chi connectivity index (χ0) is 27.2. The highest BCUT2D eigenvalue weighted by Crippen LogP contribution is 2.33. The van der Waals surface area contributed by atoms with Crippen molar-refractivity contribution in [1.29, 1.82) is 0 Å². The van der Waals surface area contributed by atoms with Crippen molar-refractivity contribution in [2.75, 3.05) is 23.3 Å². The first kappa shape index (κ1) is 27.2. The molecule has 4 amide bonds. The van der Waals surface area contributed by atoms with E-state index in [1.165, 1.54) is 17.7 Å². The minimum absolute atomic E-state index is 0.163. The van der Waals surface area contributed by atoms with Gasteiger partial charge in [0.2, 0.25) is 11.8 Å². The Balaban J connectivity index is 1.43. The number of unbranched alkanes of at least 4 members (excludes halogenated alkanes) is 2. The van der Waals surface area contributed by atoms with Crippen LogP contribution in [0.1, 0.15) is 73.9 Å². The van der Waals surface area contributed by atoms with Crippen LogP contribution in [0.4, 0.5) is 16.2 Å². The van der Waals surface area contributed by atoms with Crippen molar-refractivity contribution < 1.29 is 23.9 Å². The van der Waals surface area contributed by atoms with E-state index in [-0.39, 0.29) is 31.2 Å². The molecule has 0 aliphatic carbocycles. The Morgan fingerprint density at radius 3 is 2.63 bits per heavy atom. The van der Waals surface area contributed by atoms with Gasteiger partial charge in [-0.15, -0.1) is 0 Å². The minimum Gasteiger partial charge on any atom is -0.410 e. The van der Waals surface area contributed by atoms with Gasteiger partial charge in [0.15, 0.2) is 0 Å². The van der Waals surface area contributed by atoms with Crippen LogP contribution in [0.15, 0.2) is 36.4 Å². The second-order valence-electron chi connectivity index (χ2n) is 9.89. The Hall–Kier alpha value is -3.88. The number of ether oxygens (including phenoxy) is 1. The maximum absolute atomic E-state index is 13.0. The average molecular weight is 521 g/mol. The summed E-state index contributed by atoms with van der Waals surface area (Å²) in [6.45, 7) is 8.41. The van der Waals surface area contributed by atoms with Gasteiger partial charge >= 0.3 is 6.09 Å². The summed E-state index contributed by atoms with van der Waals surface area (Å²) in [4.78, 5) is 53.5. The molecule has 1 saturated heterocycles. The van der Waals surface area contributed by atoms with E-state index in [4.69, 9.17) is 4.74 Å². The molecule has 2 aromatic rings. The molecule has 1 fully saturated rings. The van der Waals surface area contributed by atoms with Crippen molar-refractivity contribution in [3.05, 3.63) is 53.1 Å². The second kappa shape index (κ2) is 12.1. The number of hydrogen-bond donors (Lipinski definition) is 2. The highest BCUT2D eigenvalue weighted by molar-refractivity contribution is 6.06. The summed E-state index contributed by atoms with van der Waals surface area (Å²) in [6.07, 6.45) is 4.36. The second-order valence-corrected chi connectivity index (χ2v) is 9.89. The van der Waals surface area contributed by atoms with Crippen molar-refractivity contribution in [2.24, 2.45) is 0 Å². The summed E-state index contributed by atoms with van der Waals surface area (Å²) < 4.78 is 5.63. The molecule has 2 aromatic carbocycles. The number of nitrogens with zero attached hydrogens (tertiary/aromatic N) is 2. The summed E-state index contributed by atoms with van der Waals surface area (Å²) >= 11 is 0. The number of hydrogen-bond acceptors (Lipinski definition) is 6. The molecule has 0 aromatic heterocycles. The fourth-order valence-electron chi connectivity index (χ4n) is 5.08. The van der Waals surface area contributed by atoms with E-state index >= 15 is 0 Å². The van der Waals surface area contributed by atoms with Crippen molar-refractivity contribution in [2.45, 2.75) is 71.9 Å². The Morgan fingerprint density at radius 1 is 1.11 bits per heavy atom. The topological polar surface area (TPSA) is 108 Å². The maximum Gasteiger partial charge on any atom is 0.417 e. The largest absolute Gasteiger partial charge is 0.417 e. The van der Waals surface area contributed by atoms with Gasteiger partial charge in [-0.1, -0.05) is 32.8 Å². The van der Waals surface area contributed by atoms with E-state index in [2.05, 4.69) is 29.4 Å². The summed E-state index contributed by atoms with van der Waals surface area (Å²) in [5, 5.41) is 5.07. The number of anilines is 2. The van der Waals surface area contributed by atoms with Crippen LogP contribution in [0.25, 0.3) is 0 Å². The third-order valence-electron chi connectivity index (χ3n) is 7.07. The first-order valence-electron chi connectivity index (χ1n) is 13.4. The van der Waals surface area contributed by atoms with Crippen molar-refractivity contribution >= 4 is 35.2 Å². The molecule has 9 heteroatoms. The first-order valence-corrected chi connectivity index (χ1v) is 13.4. The molecule has 38 heavy (non-hydrogen) atoms. The van der Waals surface area contributed by atoms with Crippen molar-refractivity contribution in [3.8, 4) is 5.75 Å². The molecular formula is C29H36N4O5. The number of fused-ring (bicyclic) bond motifs is 1. The van der Waals surface area contributed by atoms with Gasteiger partial charge in [-0.2, -0.15) is 0 Å². The highest BCUT2D eigenvalue weighted by atomic mass is 16.6. The van der Waals surface area contributed by atoms with Gasteiger partial charge in [0.1, 0.15) is 11.8 Å². The molecule has 0 saturated carbocycles. The predicted octanol–water partition coefficient (Wildman–Crippen LogP) is 4.77. The molecule has 2 aliphatic rings. The van der Waals surface area contributed by atoms with E-state index in [0.29, 0.717) is 22.6 Å². The monoisotopic (exact) mass is 520 g/mol. The number of benzene rings is 2. The zero-order valence-corrected chi connectivity index (χ0v) is 22.3. The number of nitrogens with one attached hydrogen (secondary N) is 2. The molecule has 0 radical (unpaired) electrons. The van der Waals surface area contributed by atoms with Crippen molar-refractivity contribution in [1.82, 2.24) is 10.2 Å². The molecule has 2 N–H and O–H groups in total. The van der Waals surface area contributed by atoms with Gasteiger partial charge in [-0.3, -0.25) is 25.0 Å². The summed E-state index contributed by atoms with van der Waals surface area (Å²) in [7, 11) is 0. The van der Waals surface area contributed by atoms with Gasteiger partial charge < -0.3 is 14.5 Å². The van der Waals surface area contributed by atoms with Crippen LogP contribution >= 0.6 is 0 Å². The fraction of sp³-hybridized carbons (Fsp3) is 0.448. The zero-order valence-electron chi connectivity index (χ0n) is 22.3. The Labute approximate surface area is 223 Å². The number of carbonyl (C=O) groups is 4. The molecule has 1 atom stereocenters. The Morgan fingerprint density at radius 2 is 1.92 bits per heavy atom. The third kappa shape index (κ3) is 5.98. The lowest BCUT2D eigenvalue weighted by molar-refractivity contribution is -0.136. The van der Waals surface area contributed by atoms with Gasteiger partial charge in [0.05, 0.1) is 0 Å². The van der Waals surface area contributed by atoms with Crippen LogP contribution in [-0.2, 0) is 16.1 Å². The lowest BCUT2D eigenvalue weighted by Crippen LogP contribution is -2.52. The average Bonchev–Trinajstić information content (AvgIpc) is 3.22. The molecular weight excluding hydrogens is 484 g/mol. The molecule has 2 aliphatic heterocycles. The lowest BCUT2D eigenvalue weighted by Gasteiger charge is -2.29. The minimum atomic E-state index is -0.720. The molecule has 9 nitrogen and oxygen atoms in total. The number of piperidine rings is 1. The normalized spacial score (nSPS) is 16.8. The number of carbonyl (C=O) groups excluding carboxylic acids is 4. The van der Waals surface area contributed by atoms with Crippen LogP contribution in [0.3, 0.4) is 0 Å². The van der Waals surface area contributed by atoms with Crippen LogP contribution in [0, 0.1) is 6.92 Å². The van der Waals surface area contributed by atoms with E-state index < -0.39 is 18.0 Å². The molecule has 1 unspecified atom stereocenters. The molecule has 202 valence electrons. The summed E-state index contributed by atoms with van der Waals surface area (Å²) in [6, 6.07) is 10.2. The van der Waals surface area contributed by atoms with Crippen LogP contribution in [0.2, 0.25) is 0 Å². The molecule has 0 spiro atoms. The lowest BCUT2D eigenvalue weighted by atomic mass is 10.0. The SMILES string of the molecule is CCCCCN(CCC)c1ccc(OC(=O)Nc2cccc3c2CN(C2CCC(=O)NC2=O)C3=O)c(C)c1. The smallest absolute Gasteiger partial charge is 0.410 e. The standard InChI is InChI=1S/C29H36N4O5/c1-4-6-7-16-32(15-5-2)20-11-13-25(19(3)17-20)38-29(37)30-23-10-8-9-21-22(23)18-33(28(21)36)24-12-14-26(34)31-27(24)35/h8-11,13,17,24H,4-7,12,14-16,18H2,1-3H3,(H,30,37)(H,31,34,35). The van der Waals surface area contributed by atoms with E-state index in [9.17, 15) is 19.2 Å². The predicted molar refractivity (Wildman–Crippen MR) is 145 cm³/mol.